The molecule has 0 aliphatic carbocycles. The van der Waals surface area contributed by atoms with Crippen molar-refractivity contribution in [2.75, 3.05) is 39.2 Å². The van der Waals surface area contributed by atoms with Gasteiger partial charge in [-0.15, -0.1) is 0 Å². The van der Waals surface area contributed by atoms with E-state index in [2.05, 4.69) is 15.5 Å². The highest BCUT2D eigenvalue weighted by molar-refractivity contribution is 5.89. The molecule has 28 heavy (non-hydrogen) atoms. The minimum Gasteiger partial charge on any atom is -0.497 e. The predicted octanol–water partition coefficient (Wildman–Crippen LogP) is 3.33. The van der Waals surface area contributed by atoms with E-state index in [4.69, 9.17) is 14.2 Å². The Balaban J connectivity index is 1.54. The monoisotopic (exact) mass is 385 g/mol. The Morgan fingerprint density at radius 1 is 1.11 bits per heavy atom. The van der Waals surface area contributed by atoms with Crippen LogP contribution >= 0.6 is 0 Å². The molecule has 7 nitrogen and oxygen atoms in total. The lowest BCUT2D eigenvalue weighted by molar-refractivity contribution is 0.0568. The lowest BCUT2D eigenvalue weighted by Gasteiger charge is -2.20. The molecule has 7 heteroatoms. The quantitative estimate of drug-likeness (QED) is 0.765. The second-order valence-corrected chi connectivity index (χ2v) is 6.73. The molecule has 2 N–H and O–H groups in total. The fourth-order valence-electron chi connectivity index (χ4n) is 3.23. The van der Waals surface area contributed by atoms with Gasteiger partial charge in [-0.3, -0.25) is 0 Å². The van der Waals surface area contributed by atoms with Gasteiger partial charge in [0.05, 0.1) is 19.3 Å². The van der Waals surface area contributed by atoms with E-state index in [9.17, 15) is 4.79 Å². The summed E-state index contributed by atoms with van der Waals surface area (Å²) in [5, 5.41) is 5.85. The van der Waals surface area contributed by atoms with Crippen LogP contribution in [0.5, 0.6) is 17.2 Å². The highest BCUT2D eigenvalue weighted by Gasteiger charge is 2.32. The van der Waals surface area contributed by atoms with Gasteiger partial charge in [0.2, 0.25) is 0 Å². The highest BCUT2D eigenvalue weighted by atomic mass is 16.5. The second kappa shape index (κ2) is 9.43. The van der Waals surface area contributed by atoms with Gasteiger partial charge in [-0.1, -0.05) is 6.07 Å². The molecule has 1 fully saturated rings. The summed E-state index contributed by atoms with van der Waals surface area (Å²) in [4.78, 5) is 14.5. The van der Waals surface area contributed by atoms with E-state index in [0.29, 0.717) is 23.8 Å². The molecule has 0 saturated carbocycles. The fourth-order valence-corrected chi connectivity index (χ4v) is 3.23. The van der Waals surface area contributed by atoms with E-state index in [1.54, 1.807) is 31.4 Å². The number of carbonyl (C=O) groups excluding carboxylic acids is 1. The minimum absolute atomic E-state index is 0.0133. The van der Waals surface area contributed by atoms with Crippen LogP contribution in [0.3, 0.4) is 0 Å². The first kappa shape index (κ1) is 20.0. The average molecular weight is 385 g/mol. The van der Waals surface area contributed by atoms with Gasteiger partial charge in [0.1, 0.15) is 17.2 Å². The largest absolute Gasteiger partial charge is 0.497 e. The molecule has 1 aliphatic rings. The maximum atomic E-state index is 12.3. The summed E-state index contributed by atoms with van der Waals surface area (Å²) in [6.07, 6.45) is 0.0133. The molecule has 0 unspecified atom stereocenters. The van der Waals surface area contributed by atoms with Crippen LogP contribution in [0.15, 0.2) is 48.5 Å². The van der Waals surface area contributed by atoms with E-state index in [-0.39, 0.29) is 18.2 Å². The Bertz CT molecular complexity index is 781. The van der Waals surface area contributed by atoms with Crippen molar-refractivity contribution in [1.82, 2.24) is 10.2 Å². The first-order chi connectivity index (χ1) is 13.6. The van der Waals surface area contributed by atoms with E-state index in [0.717, 1.165) is 18.8 Å². The zero-order valence-electron chi connectivity index (χ0n) is 16.5. The van der Waals surface area contributed by atoms with Crippen LogP contribution in [-0.2, 0) is 4.74 Å². The minimum atomic E-state index is -0.244. The van der Waals surface area contributed by atoms with Crippen LogP contribution in [0.4, 0.5) is 10.5 Å². The first-order valence-corrected chi connectivity index (χ1v) is 9.37. The van der Waals surface area contributed by atoms with Crippen molar-refractivity contribution in [3.63, 3.8) is 0 Å². The molecule has 0 radical (unpaired) electrons. The van der Waals surface area contributed by atoms with Crippen molar-refractivity contribution < 1.29 is 19.0 Å². The van der Waals surface area contributed by atoms with Gasteiger partial charge in [0.25, 0.3) is 0 Å². The number of ether oxygens (including phenoxy) is 3. The summed E-state index contributed by atoms with van der Waals surface area (Å²) in [6.45, 7) is 4.18. The molecular weight excluding hydrogens is 358 g/mol. The molecule has 0 bridgehead atoms. The Kier molecular flexibility index (Phi) is 6.73. The van der Waals surface area contributed by atoms with E-state index in [1.165, 1.54) is 0 Å². The summed E-state index contributed by atoms with van der Waals surface area (Å²) in [7, 11) is 3.64. The summed E-state index contributed by atoms with van der Waals surface area (Å²) in [6, 6.07) is 14.3. The lowest BCUT2D eigenvalue weighted by Crippen LogP contribution is -2.45. The zero-order chi connectivity index (χ0) is 19.9. The summed E-state index contributed by atoms with van der Waals surface area (Å²) < 4.78 is 16.7. The molecule has 0 spiro atoms. The Hall–Kier alpha value is -2.77. The standard InChI is InChI=1S/C21H27N3O4/c1-4-27-20-14-24(2)13-19(20)23-21(25)22-15-8-10-16(11-9-15)28-18-7-5-6-17(12-18)26-3/h5-12,19-20H,4,13-14H2,1-3H3,(H2,22,23,25)/t19-,20-/m1/s1. The molecule has 1 aliphatic heterocycles. The van der Waals surface area contributed by atoms with E-state index in [1.807, 2.05) is 38.2 Å². The number of carbonyl (C=O) groups is 1. The SMILES string of the molecule is CCO[C@@H]1CN(C)C[C@H]1NC(=O)Nc1ccc(Oc2cccc(OC)c2)cc1. The number of likely N-dealkylation sites (tertiary alicyclic amines) is 1. The molecular formula is C21H27N3O4. The Morgan fingerprint density at radius 2 is 1.86 bits per heavy atom. The highest BCUT2D eigenvalue weighted by Crippen LogP contribution is 2.26. The number of hydrogen-bond acceptors (Lipinski definition) is 5. The van der Waals surface area contributed by atoms with Crippen LogP contribution in [0.1, 0.15) is 6.92 Å². The van der Waals surface area contributed by atoms with Crippen LogP contribution in [0, 0.1) is 0 Å². The Morgan fingerprint density at radius 3 is 2.57 bits per heavy atom. The van der Waals surface area contributed by atoms with Crippen LogP contribution < -0.4 is 20.1 Å². The molecule has 150 valence electrons. The molecule has 2 aromatic rings. The Labute approximate surface area is 165 Å². The van der Waals surface area contributed by atoms with Crippen molar-refractivity contribution in [2.24, 2.45) is 0 Å². The predicted molar refractivity (Wildman–Crippen MR) is 108 cm³/mol. The first-order valence-electron chi connectivity index (χ1n) is 9.37. The number of likely N-dealkylation sites (N-methyl/N-ethyl adjacent to an activating group) is 1. The summed E-state index contributed by atoms with van der Waals surface area (Å²) >= 11 is 0. The second-order valence-electron chi connectivity index (χ2n) is 6.73. The van der Waals surface area contributed by atoms with Gasteiger partial charge in [-0.25, -0.2) is 4.79 Å². The van der Waals surface area contributed by atoms with Gasteiger partial charge in [-0.2, -0.15) is 0 Å². The molecule has 3 rings (SSSR count). The van der Waals surface area contributed by atoms with Gasteiger partial charge >= 0.3 is 6.03 Å². The molecule has 2 aromatic carbocycles. The molecule has 0 aromatic heterocycles. The summed E-state index contributed by atoms with van der Waals surface area (Å²) in [5.41, 5.74) is 0.690. The smallest absolute Gasteiger partial charge is 0.319 e. The zero-order valence-corrected chi connectivity index (χ0v) is 16.5. The third kappa shape index (κ3) is 5.37. The normalized spacial score (nSPS) is 19.2. The summed E-state index contributed by atoms with van der Waals surface area (Å²) in [5.74, 6) is 2.09. The molecule has 2 atom stereocenters. The maximum absolute atomic E-state index is 12.3. The van der Waals surface area contributed by atoms with Gasteiger partial charge in [0, 0.05) is 31.5 Å². The van der Waals surface area contributed by atoms with Crippen LogP contribution in [0.2, 0.25) is 0 Å². The number of nitrogens with one attached hydrogen (secondary N) is 2. The van der Waals surface area contributed by atoms with E-state index >= 15 is 0 Å². The van der Waals surface area contributed by atoms with Crippen molar-refractivity contribution in [2.45, 2.75) is 19.1 Å². The number of amides is 2. The third-order valence-corrected chi connectivity index (χ3v) is 4.54. The van der Waals surface area contributed by atoms with Crippen molar-refractivity contribution >= 4 is 11.7 Å². The van der Waals surface area contributed by atoms with Gasteiger partial charge < -0.3 is 29.7 Å². The van der Waals surface area contributed by atoms with Gasteiger partial charge in [-0.05, 0) is 50.4 Å². The number of methoxy groups -OCH3 is 1. The number of urea groups is 1. The maximum Gasteiger partial charge on any atom is 0.319 e. The molecule has 1 heterocycles. The number of anilines is 1. The average Bonchev–Trinajstić information content (AvgIpc) is 3.02. The van der Waals surface area contributed by atoms with E-state index < -0.39 is 0 Å². The number of hydrogen-bond donors (Lipinski definition) is 2. The molecule has 1 saturated heterocycles. The number of benzene rings is 2. The fraction of sp³-hybridized carbons (Fsp3) is 0.381. The van der Waals surface area contributed by atoms with Crippen LogP contribution in [-0.4, -0.2) is 56.9 Å². The van der Waals surface area contributed by atoms with Crippen molar-refractivity contribution in [3.05, 3.63) is 48.5 Å². The molecule has 2 amide bonds. The van der Waals surface area contributed by atoms with Crippen LogP contribution in [0.25, 0.3) is 0 Å². The lowest BCUT2D eigenvalue weighted by atomic mass is 10.2. The van der Waals surface area contributed by atoms with Crippen molar-refractivity contribution in [3.8, 4) is 17.2 Å². The number of nitrogens with zero attached hydrogens (tertiary/aromatic N) is 1. The number of rotatable bonds is 7. The topological polar surface area (TPSA) is 72.1 Å². The third-order valence-electron chi connectivity index (χ3n) is 4.54. The van der Waals surface area contributed by atoms with Crippen molar-refractivity contribution in [1.29, 1.82) is 0 Å². The van der Waals surface area contributed by atoms with Gasteiger partial charge in [0.15, 0.2) is 0 Å².